The van der Waals surface area contributed by atoms with Crippen molar-refractivity contribution in [2.45, 2.75) is 50.0 Å². The van der Waals surface area contributed by atoms with Gasteiger partial charge in [0, 0.05) is 0 Å². The molecule has 0 heteroatoms. The van der Waals surface area contributed by atoms with E-state index < -0.39 is 0 Å². The fourth-order valence-electron chi connectivity index (χ4n) is 0.144. The molecule has 0 aromatic rings. The van der Waals surface area contributed by atoms with E-state index in [1.54, 1.807) is 13.8 Å². The number of hydrogen-bond donors (Lipinski definition) is 0. The second kappa shape index (κ2) is 134. The molecule has 0 amide bonds. The molecule has 0 aromatic heterocycles. The molecule has 122 valence electrons. The van der Waals surface area contributed by atoms with Crippen molar-refractivity contribution in [2.24, 2.45) is 0 Å². The molecule has 23 heavy (non-hydrogen) atoms. The molecule has 0 unspecified atom stereocenters. The molecule has 0 radical (unpaired) electrons. The highest BCUT2D eigenvalue weighted by molar-refractivity contribution is 5.31. The summed E-state index contributed by atoms with van der Waals surface area (Å²) in [6.45, 7) is 7.00. The molecule has 0 bridgehead atoms. The molecule has 0 fully saturated rings. The zero-order valence-corrected chi connectivity index (χ0v) is 12.5. The van der Waals surface area contributed by atoms with E-state index in [0.29, 0.717) is 0 Å². The average Bonchev–Trinajstić information content (AvgIpc) is 2.49. The van der Waals surface area contributed by atoms with Gasteiger partial charge in [-0.25, -0.2) is 0 Å². The van der Waals surface area contributed by atoms with Crippen molar-refractivity contribution in [3.63, 3.8) is 0 Å². The smallest absolute Gasteiger partial charge is 0.00134 e. The molecule has 0 aliphatic heterocycles. The Morgan fingerprint density at radius 1 is 0.478 bits per heavy atom. The molecule has 0 saturated carbocycles. The Morgan fingerprint density at radius 3 is 0.739 bits per heavy atom. The van der Waals surface area contributed by atoms with Crippen LogP contribution in [0.5, 0.6) is 0 Å². The van der Waals surface area contributed by atoms with Gasteiger partial charge in [-0.2, -0.15) is 0 Å². The monoisotopic (exact) mass is 306 g/mol. The van der Waals surface area contributed by atoms with Crippen LogP contribution in [0.3, 0.4) is 0 Å². The van der Waals surface area contributed by atoms with Crippen molar-refractivity contribution >= 4 is 0 Å². The van der Waals surface area contributed by atoms with E-state index in [4.69, 9.17) is 19.3 Å². The van der Waals surface area contributed by atoms with E-state index in [1.165, 1.54) is 0 Å². The van der Waals surface area contributed by atoms with Crippen molar-refractivity contribution in [3.05, 3.63) is 0 Å². The quantitative estimate of drug-likeness (QED) is 0.568. The van der Waals surface area contributed by atoms with Gasteiger partial charge in [-0.05, 0) is 63.2 Å². The van der Waals surface area contributed by atoms with Gasteiger partial charge < -0.3 is 0 Å². The van der Waals surface area contributed by atoms with Gasteiger partial charge in [-0.1, -0.05) is 28.2 Å². The van der Waals surface area contributed by atoms with Crippen molar-refractivity contribution in [1.29, 1.82) is 0 Å². The van der Waals surface area contributed by atoms with Crippen LogP contribution in [0.25, 0.3) is 0 Å². The molecule has 0 aromatic carbocycles. The van der Waals surface area contributed by atoms with Crippen LogP contribution >= 0.6 is 0 Å². The lowest BCUT2D eigenvalue weighted by molar-refractivity contribution is 1.83. The maximum atomic E-state index is 4.72. The van der Waals surface area contributed by atoms with Crippen LogP contribution in [0.4, 0.5) is 0 Å². The highest BCUT2D eigenvalue weighted by Gasteiger charge is 1.41. The zero-order chi connectivity index (χ0) is 17.1. The minimum Gasteiger partial charge on any atom is -0.124 e. The van der Waals surface area contributed by atoms with Crippen LogP contribution in [-0.4, -0.2) is 0 Å². The van der Waals surface area contributed by atoms with E-state index in [2.05, 4.69) is 78.5 Å². The summed E-state index contributed by atoms with van der Waals surface area (Å²) in [5.74, 6) is 23.3. The predicted octanol–water partition coefficient (Wildman–Crippen LogP) is 4.73. The topological polar surface area (TPSA) is 0 Å². The van der Waals surface area contributed by atoms with E-state index in [0.717, 1.165) is 0 Å². The Hall–Kier alpha value is -3.52. The van der Waals surface area contributed by atoms with Gasteiger partial charge in [0.2, 0.25) is 0 Å². The van der Waals surface area contributed by atoms with E-state index in [9.17, 15) is 0 Å². The number of rotatable bonds is 0. The highest BCUT2D eigenvalue weighted by atomic mass is 13.4. The lowest BCUT2D eigenvalue weighted by Crippen LogP contribution is -1.42. The summed E-state index contributed by atoms with van der Waals surface area (Å²) in [5, 5.41) is 0. The molecule has 0 aliphatic rings. The Bertz CT molecular complexity index is 512. The predicted molar refractivity (Wildman–Crippen MR) is 111 cm³/mol. The maximum Gasteiger partial charge on any atom is -0.00134 e. The van der Waals surface area contributed by atoms with Crippen LogP contribution in [0.2, 0.25) is 0 Å². The summed E-state index contributed by atoms with van der Waals surface area (Å²) in [7, 11) is 0. The highest BCUT2D eigenvalue weighted by Crippen LogP contribution is 1.43. The largest absolute Gasteiger partial charge is 0.124 e. The van der Waals surface area contributed by atoms with Crippen LogP contribution in [0.15, 0.2) is 0 Å². The lowest BCUT2D eigenvalue weighted by Gasteiger charge is -1.43. The summed E-state index contributed by atoms with van der Waals surface area (Å²) in [6.07, 6.45) is 26.7. The molecule has 0 spiro atoms. The maximum absolute atomic E-state index is 4.72. The SMILES string of the molecule is C.C.C.C#C.C#CC.C#CC#CC.C#CC#CC#C.CC#CC. The van der Waals surface area contributed by atoms with Gasteiger partial charge in [0.25, 0.3) is 0 Å². The first-order chi connectivity index (χ1) is 9.66. The Kier molecular flexibility index (Phi) is 295. The van der Waals surface area contributed by atoms with Crippen molar-refractivity contribution < 1.29 is 0 Å². The normalized spacial score (nSPS) is 2.52. The standard InChI is InChI=1S/C6H2.C5H4.C4H6.C3H4.C2H2.3CH4/c1-3-5-6-4-2;1-3-5-4-2;1-3-4-2;1-3-2;1-2;;;/h1-2H;1H,2H3;1-2H3;1H,2H3;1-2H;3*1H4. The Labute approximate surface area is 148 Å². The minimum absolute atomic E-state index is 0. The van der Waals surface area contributed by atoms with Gasteiger partial charge >= 0.3 is 0 Å². The summed E-state index contributed by atoms with van der Waals surface area (Å²) in [4.78, 5) is 0. The number of hydrogen-bond acceptors (Lipinski definition) is 0. The summed E-state index contributed by atoms with van der Waals surface area (Å²) < 4.78 is 0. The fraction of sp³-hybridized carbons (Fsp3) is 0.304. The van der Waals surface area contributed by atoms with Crippen LogP contribution in [0.1, 0.15) is 50.0 Å². The molecule has 0 aliphatic carbocycles. The third-order valence-electron chi connectivity index (χ3n) is 0.654. The molecule has 0 heterocycles. The number of terminal acetylenes is 5. The molecule has 0 saturated heterocycles. The molecule has 0 N–H and O–H groups in total. The van der Waals surface area contributed by atoms with Crippen molar-refractivity contribution in [3.8, 4) is 97.7 Å². The van der Waals surface area contributed by atoms with Gasteiger partial charge in [-0.15, -0.1) is 56.3 Å². The van der Waals surface area contributed by atoms with Gasteiger partial charge in [-0.3, -0.25) is 0 Å². The molecule has 0 nitrogen and oxygen atoms in total. The summed E-state index contributed by atoms with van der Waals surface area (Å²) in [5.41, 5.74) is 0. The van der Waals surface area contributed by atoms with Crippen molar-refractivity contribution in [2.75, 3.05) is 0 Å². The fourth-order valence-corrected chi connectivity index (χ4v) is 0.144. The summed E-state index contributed by atoms with van der Waals surface area (Å²) >= 11 is 0. The van der Waals surface area contributed by atoms with E-state index >= 15 is 0 Å². The Balaban J connectivity index is -0.0000000205. The average molecular weight is 306 g/mol. The molecular formula is C23H30. The van der Waals surface area contributed by atoms with E-state index in [-0.39, 0.29) is 22.3 Å². The van der Waals surface area contributed by atoms with E-state index in [1.807, 2.05) is 13.8 Å². The second-order valence-electron chi connectivity index (χ2n) is 1.85. The minimum atomic E-state index is 0. The second-order valence-corrected chi connectivity index (χ2v) is 1.85. The third kappa shape index (κ3) is 816. The van der Waals surface area contributed by atoms with Crippen LogP contribution in [-0.2, 0) is 0 Å². The van der Waals surface area contributed by atoms with Crippen LogP contribution in [0, 0.1) is 97.7 Å². The van der Waals surface area contributed by atoms with Gasteiger partial charge in [0.1, 0.15) is 0 Å². The van der Waals surface area contributed by atoms with Crippen molar-refractivity contribution in [1.82, 2.24) is 0 Å². The first kappa shape index (κ1) is 50.5. The molecular weight excluding hydrogens is 276 g/mol. The first-order valence-electron chi connectivity index (χ1n) is 4.99. The Morgan fingerprint density at radius 2 is 0.696 bits per heavy atom. The third-order valence-corrected chi connectivity index (χ3v) is 0.654. The molecule has 0 atom stereocenters. The molecule has 0 rings (SSSR count). The summed E-state index contributed by atoms with van der Waals surface area (Å²) in [6, 6.07) is 0. The van der Waals surface area contributed by atoms with Crippen LogP contribution < -0.4 is 0 Å². The first-order valence-corrected chi connectivity index (χ1v) is 4.99. The van der Waals surface area contributed by atoms with Gasteiger partial charge in [0.05, 0.1) is 0 Å². The zero-order valence-electron chi connectivity index (χ0n) is 12.5. The lowest BCUT2D eigenvalue weighted by atomic mass is 10.6. The van der Waals surface area contributed by atoms with Gasteiger partial charge in [0.15, 0.2) is 0 Å².